The van der Waals surface area contributed by atoms with Crippen molar-refractivity contribution in [1.29, 1.82) is 0 Å². The lowest BCUT2D eigenvalue weighted by Crippen LogP contribution is -2.24. The summed E-state index contributed by atoms with van der Waals surface area (Å²) in [5.41, 5.74) is 0. The smallest absolute Gasteiger partial charge is 0.420 e. The van der Waals surface area contributed by atoms with Crippen molar-refractivity contribution in [3.05, 3.63) is 23.5 Å². The summed E-state index contributed by atoms with van der Waals surface area (Å²) in [6.45, 7) is 0. The van der Waals surface area contributed by atoms with Gasteiger partial charge in [0.25, 0.3) is 0 Å². The highest BCUT2D eigenvalue weighted by molar-refractivity contribution is 5.24. The lowest BCUT2D eigenvalue weighted by molar-refractivity contribution is -0.613. The van der Waals surface area contributed by atoms with Crippen molar-refractivity contribution in [3.63, 3.8) is 0 Å². The highest BCUT2D eigenvalue weighted by atomic mass is 16.5. The molecule has 4 nitrogen and oxygen atoms in total. The van der Waals surface area contributed by atoms with Crippen LogP contribution in [0.25, 0.3) is 0 Å². The number of aromatic nitrogens is 1. The Morgan fingerprint density at radius 1 is 1.44 bits per heavy atom. The van der Waals surface area contributed by atoms with E-state index < -0.39 is 11.6 Å². The average molecular weight is 127 g/mol. The van der Waals surface area contributed by atoms with Crippen molar-refractivity contribution in [2.75, 3.05) is 0 Å². The van der Waals surface area contributed by atoms with Gasteiger partial charge in [0.05, 0.1) is 0 Å². The van der Waals surface area contributed by atoms with Crippen LogP contribution in [0.15, 0.2) is 18.3 Å². The van der Waals surface area contributed by atoms with E-state index >= 15 is 0 Å². The Kier molecular flexibility index (Phi) is 1.14. The van der Waals surface area contributed by atoms with Crippen LogP contribution < -0.4 is 4.73 Å². The Balaban J connectivity index is 3.25. The van der Waals surface area contributed by atoms with Gasteiger partial charge in [-0.15, -0.1) is 4.73 Å². The normalized spacial score (nSPS) is 9.33. The van der Waals surface area contributed by atoms with E-state index in [1.165, 1.54) is 12.1 Å². The van der Waals surface area contributed by atoms with Gasteiger partial charge in [-0.3, -0.25) is 0 Å². The van der Waals surface area contributed by atoms with E-state index in [1.807, 2.05) is 0 Å². The maximum absolute atomic E-state index is 10.3. The summed E-state index contributed by atoms with van der Waals surface area (Å²) in [4.78, 5) is 0. The van der Waals surface area contributed by atoms with Gasteiger partial charge in [0.15, 0.2) is 6.20 Å². The fourth-order valence-electron chi connectivity index (χ4n) is 0.470. The second-order valence-electron chi connectivity index (χ2n) is 1.54. The molecule has 1 aromatic heterocycles. The van der Waals surface area contributed by atoms with E-state index in [9.17, 15) is 5.21 Å². The molecule has 0 bridgehead atoms. The number of hydrogen-bond acceptors (Lipinski definition) is 3. The van der Waals surface area contributed by atoms with Gasteiger partial charge < -0.3 is 15.4 Å². The maximum atomic E-state index is 10.3. The molecule has 0 aliphatic carbocycles. The average Bonchev–Trinajstić information content (AvgIpc) is 1.83. The highest BCUT2D eigenvalue weighted by Crippen LogP contribution is 2.16. The Morgan fingerprint density at radius 2 is 2.11 bits per heavy atom. The van der Waals surface area contributed by atoms with Gasteiger partial charge in [0.2, 0.25) is 5.75 Å². The van der Waals surface area contributed by atoms with E-state index in [2.05, 4.69) is 0 Å². The van der Waals surface area contributed by atoms with Crippen molar-refractivity contribution in [3.8, 4) is 11.6 Å². The largest absolute Gasteiger partial charge is 0.616 e. The maximum Gasteiger partial charge on any atom is 0.420 e. The molecule has 4 heteroatoms. The van der Waals surface area contributed by atoms with Crippen LogP contribution in [-0.4, -0.2) is 10.2 Å². The molecule has 1 heterocycles. The van der Waals surface area contributed by atoms with Gasteiger partial charge in [-0.05, 0) is 6.07 Å². The fraction of sp³-hybridized carbons (Fsp3) is 0. The van der Waals surface area contributed by atoms with Crippen LogP contribution in [0.3, 0.4) is 0 Å². The molecule has 0 amide bonds. The molecule has 9 heavy (non-hydrogen) atoms. The molecule has 48 valence electrons. The van der Waals surface area contributed by atoms with Gasteiger partial charge in [0.1, 0.15) is 0 Å². The Bertz CT molecular complexity index is 203. The van der Waals surface area contributed by atoms with E-state index in [0.29, 0.717) is 0 Å². The summed E-state index contributed by atoms with van der Waals surface area (Å²) in [6.07, 6.45) is 1.09. The quantitative estimate of drug-likeness (QED) is 0.372. The van der Waals surface area contributed by atoms with Crippen molar-refractivity contribution in [2.45, 2.75) is 0 Å². The first-order chi connectivity index (χ1) is 4.22. The zero-order chi connectivity index (χ0) is 6.85. The lowest BCUT2D eigenvalue weighted by Gasteiger charge is -1.96. The third-order valence-corrected chi connectivity index (χ3v) is 0.913. The summed E-state index contributed by atoms with van der Waals surface area (Å²) in [5, 5.41) is 27.6. The molecule has 0 aliphatic heterocycles. The third kappa shape index (κ3) is 0.861. The molecule has 0 radical (unpaired) electrons. The van der Waals surface area contributed by atoms with E-state index in [0.717, 1.165) is 6.20 Å². The number of rotatable bonds is 0. The van der Waals surface area contributed by atoms with Crippen LogP contribution in [0.4, 0.5) is 0 Å². The molecule has 2 N–H and O–H groups in total. The fourth-order valence-corrected chi connectivity index (χ4v) is 0.470. The number of pyridine rings is 1. The van der Waals surface area contributed by atoms with Crippen molar-refractivity contribution >= 4 is 0 Å². The SMILES string of the molecule is [O-][n+]1cccc(O)c1O. The monoisotopic (exact) mass is 127 g/mol. The van der Waals surface area contributed by atoms with E-state index in [1.54, 1.807) is 0 Å². The molecule has 0 fully saturated rings. The van der Waals surface area contributed by atoms with Crippen molar-refractivity contribution < 1.29 is 14.9 Å². The molecule has 0 spiro atoms. The molecule has 0 aromatic carbocycles. The molecule has 1 rings (SSSR count). The molecule has 0 saturated carbocycles. The topological polar surface area (TPSA) is 67.4 Å². The van der Waals surface area contributed by atoms with Crippen LogP contribution in [0, 0.1) is 5.21 Å². The second kappa shape index (κ2) is 1.81. The number of nitrogens with zero attached hydrogens (tertiary/aromatic N) is 1. The predicted molar refractivity (Wildman–Crippen MR) is 28.7 cm³/mol. The first kappa shape index (κ1) is 5.68. The highest BCUT2D eigenvalue weighted by Gasteiger charge is 2.05. The Hall–Kier alpha value is -1.45. The Morgan fingerprint density at radius 3 is 2.56 bits per heavy atom. The van der Waals surface area contributed by atoms with Gasteiger partial charge in [-0.2, -0.15) is 0 Å². The van der Waals surface area contributed by atoms with Crippen LogP contribution >= 0.6 is 0 Å². The summed E-state index contributed by atoms with van der Waals surface area (Å²) in [7, 11) is 0. The Labute approximate surface area is 51.2 Å². The van der Waals surface area contributed by atoms with Crippen LogP contribution in [0.1, 0.15) is 0 Å². The minimum absolute atomic E-state index is 0.176. The first-order valence-electron chi connectivity index (χ1n) is 2.32. The van der Waals surface area contributed by atoms with Gasteiger partial charge in [0, 0.05) is 6.07 Å². The van der Waals surface area contributed by atoms with Crippen molar-refractivity contribution in [2.24, 2.45) is 0 Å². The summed E-state index contributed by atoms with van der Waals surface area (Å²) < 4.78 is 0.176. The summed E-state index contributed by atoms with van der Waals surface area (Å²) in [5.74, 6) is -1.08. The molecule has 0 saturated heterocycles. The molecule has 0 aliphatic rings. The zero-order valence-electron chi connectivity index (χ0n) is 4.48. The van der Waals surface area contributed by atoms with Crippen LogP contribution in [0.5, 0.6) is 11.6 Å². The summed E-state index contributed by atoms with van der Waals surface area (Å²) >= 11 is 0. The van der Waals surface area contributed by atoms with Crippen LogP contribution in [0.2, 0.25) is 0 Å². The standard InChI is InChI=1S/C5H5NO3/c7-4-2-1-3-6(9)5(4)8/h1-3,7-8H. The molecular weight excluding hydrogens is 122 g/mol. The van der Waals surface area contributed by atoms with Gasteiger partial charge in [-0.1, -0.05) is 0 Å². The van der Waals surface area contributed by atoms with Gasteiger partial charge >= 0.3 is 5.88 Å². The molecule has 0 unspecified atom stereocenters. The first-order valence-corrected chi connectivity index (χ1v) is 2.32. The van der Waals surface area contributed by atoms with Crippen molar-refractivity contribution in [1.82, 2.24) is 0 Å². The summed E-state index contributed by atoms with van der Waals surface area (Å²) in [6, 6.07) is 2.56. The minimum atomic E-state index is -0.669. The molecular formula is C5H5NO3. The van der Waals surface area contributed by atoms with E-state index in [-0.39, 0.29) is 4.73 Å². The predicted octanol–water partition coefficient (Wildman–Crippen LogP) is -0.269. The minimum Gasteiger partial charge on any atom is -0.616 e. The van der Waals surface area contributed by atoms with Gasteiger partial charge in [-0.25, -0.2) is 0 Å². The second-order valence-corrected chi connectivity index (χ2v) is 1.54. The van der Waals surface area contributed by atoms with E-state index in [4.69, 9.17) is 10.2 Å². The third-order valence-electron chi connectivity index (χ3n) is 0.913. The molecule has 1 aromatic rings. The zero-order valence-corrected chi connectivity index (χ0v) is 4.48. The lowest BCUT2D eigenvalue weighted by atomic mass is 10.4. The number of hydrogen-bond donors (Lipinski definition) is 2. The molecule has 0 atom stereocenters. The van der Waals surface area contributed by atoms with Crippen LogP contribution in [-0.2, 0) is 0 Å². The number of aromatic hydroxyl groups is 2.